The molecule has 3 rings (SSSR count). The van der Waals surface area contributed by atoms with Gasteiger partial charge >= 0.3 is 0 Å². The van der Waals surface area contributed by atoms with Crippen molar-refractivity contribution in [1.82, 2.24) is 9.80 Å². The van der Waals surface area contributed by atoms with Gasteiger partial charge in [-0.1, -0.05) is 36.4 Å². The third-order valence-corrected chi connectivity index (χ3v) is 5.12. The monoisotopic (exact) mass is 382 g/mol. The quantitative estimate of drug-likeness (QED) is 0.613. The second-order valence-corrected chi connectivity index (χ2v) is 7.12. The van der Waals surface area contributed by atoms with Gasteiger partial charge in [0.25, 0.3) is 5.69 Å². The average Bonchev–Trinajstić information content (AvgIpc) is 2.94. The van der Waals surface area contributed by atoms with Crippen LogP contribution >= 0.6 is 0 Å². The van der Waals surface area contributed by atoms with E-state index in [0.717, 1.165) is 39.1 Å². The molecule has 1 N–H and O–H groups in total. The van der Waals surface area contributed by atoms with Gasteiger partial charge in [-0.2, -0.15) is 0 Å². The highest BCUT2D eigenvalue weighted by Gasteiger charge is 2.24. The molecule has 1 unspecified atom stereocenters. The summed E-state index contributed by atoms with van der Waals surface area (Å²) in [6.45, 7) is 6.39. The molecular formula is C21H26N4O3. The number of benzene rings is 2. The van der Waals surface area contributed by atoms with Crippen molar-refractivity contribution in [3.63, 3.8) is 0 Å². The van der Waals surface area contributed by atoms with E-state index in [1.54, 1.807) is 12.1 Å². The van der Waals surface area contributed by atoms with Crippen molar-refractivity contribution in [2.75, 3.05) is 31.5 Å². The molecular weight excluding hydrogens is 356 g/mol. The number of rotatable bonds is 6. The van der Waals surface area contributed by atoms with Crippen molar-refractivity contribution >= 4 is 17.3 Å². The van der Waals surface area contributed by atoms with Gasteiger partial charge in [-0.05, 0) is 31.5 Å². The second-order valence-electron chi connectivity index (χ2n) is 7.12. The number of anilines is 1. The molecule has 1 aliphatic rings. The lowest BCUT2D eigenvalue weighted by Crippen LogP contribution is -2.43. The third-order valence-electron chi connectivity index (χ3n) is 5.12. The lowest BCUT2D eigenvalue weighted by molar-refractivity contribution is -0.384. The van der Waals surface area contributed by atoms with Crippen molar-refractivity contribution in [2.24, 2.45) is 0 Å². The Kier molecular flexibility index (Phi) is 6.73. The lowest BCUT2D eigenvalue weighted by atomic mass is 10.2. The molecule has 1 heterocycles. The molecule has 0 aliphatic carbocycles. The van der Waals surface area contributed by atoms with Gasteiger partial charge in [-0.15, -0.1) is 0 Å². The van der Waals surface area contributed by atoms with Gasteiger partial charge in [0.05, 0.1) is 11.0 Å². The van der Waals surface area contributed by atoms with E-state index in [0.29, 0.717) is 5.69 Å². The molecule has 2 aromatic carbocycles. The van der Waals surface area contributed by atoms with Gasteiger partial charge in [-0.3, -0.25) is 24.7 Å². The largest absolute Gasteiger partial charge is 0.324 e. The van der Waals surface area contributed by atoms with Crippen LogP contribution in [0.25, 0.3) is 0 Å². The van der Waals surface area contributed by atoms with Crippen LogP contribution in [0.15, 0.2) is 54.6 Å². The zero-order chi connectivity index (χ0) is 19.9. The van der Waals surface area contributed by atoms with Crippen LogP contribution in [0.3, 0.4) is 0 Å². The summed E-state index contributed by atoms with van der Waals surface area (Å²) in [4.78, 5) is 27.7. The molecule has 1 saturated heterocycles. The molecule has 1 atom stereocenters. The van der Waals surface area contributed by atoms with Crippen LogP contribution in [0.1, 0.15) is 18.9 Å². The lowest BCUT2D eigenvalue weighted by Gasteiger charge is -2.27. The summed E-state index contributed by atoms with van der Waals surface area (Å²) in [6.07, 6.45) is 1.00. The Hall–Kier alpha value is -2.77. The molecule has 0 bridgehead atoms. The minimum Gasteiger partial charge on any atom is -0.324 e. The van der Waals surface area contributed by atoms with Gasteiger partial charge in [0.1, 0.15) is 0 Å². The fourth-order valence-electron chi connectivity index (χ4n) is 3.49. The molecule has 0 aromatic heterocycles. The molecule has 28 heavy (non-hydrogen) atoms. The minimum absolute atomic E-state index is 0.0308. The van der Waals surface area contributed by atoms with E-state index in [1.807, 2.05) is 13.0 Å². The predicted octanol–water partition coefficient (Wildman–Crippen LogP) is 3.13. The Morgan fingerprint density at radius 1 is 1.11 bits per heavy atom. The zero-order valence-corrected chi connectivity index (χ0v) is 16.1. The first-order valence-electron chi connectivity index (χ1n) is 9.58. The van der Waals surface area contributed by atoms with Crippen LogP contribution in [0.2, 0.25) is 0 Å². The van der Waals surface area contributed by atoms with E-state index >= 15 is 0 Å². The molecule has 1 amide bonds. The van der Waals surface area contributed by atoms with Crippen LogP contribution in [0.4, 0.5) is 11.4 Å². The molecule has 7 nitrogen and oxygen atoms in total. The topological polar surface area (TPSA) is 78.7 Å². The Labute approximate surface area is 165 Å². The summed E-state index contributed by atoms with van der Waals surface area (Å²) in [5.41, 5.74) is 1.72. The SMILES string of the molecule is CC(C(=O)Nc1cccc([N+](=O)[O-])c1)N1CCCN(Cc2ccccc2)CC1. The summed E-state index contributed by atoms with van der Waals surface area (Å²) >= 11 is 0. The zero-order valence-electron chi connectivity index (χ0n) is 16.1. The van der Waals surface area contributed by atoms with E-state index in [1.165, 1.54) is 17.7 Å². The summed E-state index contributed by atoms with van der Waals surface area (Å²) in [5, 5.41) is 13.7. The molecule has 7 heteroatoms. The number of carbonyl (C=O) groups is 1. The van der Waals surface area contributed by atoms with Crippen molar-refractivity contribution < 1.29 is 9.72 Å². The Bertz CT molecular complexity index is 812. The molecule has 2 aromatic rings. The van der Waals surface area contributed by atoms with Crippen LogP contribution < -0.4 is 5.32 Å². The van der Waals surface area contributed by atoms with Crippen molar-refractivity contribution in [3.05, 3.63) is 70.3 Å². The van der Waals surface area contributed by atoms with Crippen LogP contribution in [0, 0.1) is 10.1 Å². The standard InChI is InChI=1S/C21H26N4O3/c1-17(21(26)22-19-9-5-10-20(15-19)25(27)28)24-12-6-11-23(13-14-24)16-18-7-3-2-4-8-18/h2-5,7-10,15,17H,6,11-14,16H2,1H3,(H,22,26). The van der Waals surface area contributed by atoms with Crippen LogP contribution in [0.5, 0.6) is 0 Å². The summed E-state index contributed by atoms with van der Waals surface area (Å²) < 4.78 is 0. The highest BCUT2D eigenvalue weighted by atomic mass is 16.6. The number of non-ortho nitro benzene ring substituents is 1. The molecule has 0 saturated carbocycles. The minimum atomic E-state index is -0.463. The molecule has 1 fully saturated rings. The number of nitro benzene ring substituents is 1. The van der Waals surface area contributed by atoms with Gasteiger partial charge < -0.3 is 5.32 Å². The number of nitro groups is 1. The number of hydrogen-bond acceptors (Lipinski definition) is 5. The number of nitrogens with one attached hydrogen (secondary N) is 1. The maximum absolute atomic E-state index is 12.6. The van der Waals surface area contributed by atoms with Gasteiger partial charge in [-0.25, -0.2) is 0 Å². The number of carbonyl (C=O) groups excluding carboxylic acids is 1. The van der Waals surface area contributed by atoms with Gasteiger partial charge in [0, 0.05) is 44.0 Å². The maximum atomic E-state index is 12.6. The van der Waals surface area contributed by atoms with Crippen molar-refractivity contribution in [1.29, 1.82) is 0 Å². The first-order chi connectivity index (χ1) is 13.5. The van der Waals surface area contributed by atoms with Gasteiger partial charge in [0.2, 0.25) is 5.91 Å². The summed E-state index contributed by atoms with van der Waals surface area (Å²) in [6, 6.07) is 16.2. The predicted molar refractivity (Wildman–Crippen MR) is 109 cm³/mol. The van der Waals surface area contributed by atoms with Crippen LogP contribution in [-0.4, -0.2) is 52.9 Å². The van der Waals surface area contributed by atoms with Crippen molar-refractivity contribution in [2.45, 2.75) is 25.9 Å². The first-order valence-corrected chi connectivity index (χ1v) is 9.58. The van der Waals surface area contributed by atoms with E-state index in [-0.39, 0.29) is 17.6 Å². The molecule has 148 valence electrons. The molecule has 0 radical (unpaired) electrons. The van der Waals surface area contributed by atoms with Crippen LogP contribution in [-0.2, 0) is 11.3 Å². The smallest absolute Gasteiger partial charge is 0.271 e. The highest BCUT2D eigenvalue weighted by molar-refractivity contribution is 5.94. The van der Waals surface area contributed by atoms with E-state index in [9.17, 15) is 14.9 Å². The molecule has 1 aliphatic heterocycles. The Morgan fingerprint density at radius 2 is 1.89 bits per heavy atom. The fraction of sp³-hybridized carbons (Fsp3) is 0.381. The van der Waals surface area contributed by atoms with E-state index in [2.05, 4.69) is 39.4 Å². The van der Waals surface area contributed by atoms with E-state index < -0.39 is 4.92 Å². The first kappa shape index (κ1) is 20.0. The number of amides is 1. The molecule has 0 spiro atoms. The number of hydrogen-bond donors (Lipinski definition) is 1. The van der Waals surface area contributed by atoms with Crippen molar-refractivity contribution in [3.8, 4) is 0 Å². The van der Waals surface area contributed by atoms with E-state index in [4.69, 9.17) is 0 Å². The summed E-state index contributed by atoms with van der Waals surface area (Å²) in [7, 11) is 0. The summed E-state index contributed by atoms with van der Waals surface area (Å²) in [5.74, 6) is -0.142. The fourth-order valence-corrected chi connectivity index (χ4v) is 3.49. The number of nitrogens with zero attached hydrogens (tertiary/aromatic N) is 3. The normalized spacial score (nSPS) is 16.9. The second kappa shape index (κ2) is 9.43. The third kappa shape index (κ3) is 5.37. The van der Waals surface area contributed by atoms with Gasteiger partial charge in [0.15, 0.2) is 0 Å². The average molecular weight is 382 g/mol. The maximum Gasteiger partial charge on any atom is 0.271 e. The Balaban J connectivity index is 1.55. The highest BCUT2D eigenvalue weighted by Crippen LogP contribution is 2.18. The Morgan fingerprint density at radius 3 is 2.64 bits per heavy atom.